The molecule has 0 spiro atoms. The van der Waals surface area contributed by atoms with Gasteiger partial charge >= 0.3 is 0 Å². The number of likely N-dealkylation sites (N-methyl/N-ethyl adjacent to an activating group) is 1. The highest BCUT2D eigenvalue weighted by atomic mass is 16.2. The van der Waals surface area contributed by atoms with Gasteiger partial charge in [0.15, 0.2) is 0 Å². The summed E-state index contributed by atoms with van der Waals surface area (Å²) in [5.74, 6) is 0.674. The highest BCUT2D eigenvalue weighted by Crippen LogP contribution is 2.44. The van der Waals surface area contributed by atoms with E-state index in [2.05, 4.69) is 76.2 Å². The van der Waals surface area contributed by atoms with Crippen LogP contribution in [0, 0.1) is 5.41 Å². The Morgan fingerprint density at radius 3 is 2.46 bits per heavy atom. The smallest absolute Gasteiger partial charge is 0.254 e. The average molecular weight is 324 g/mol. The molecule has 1 fully saturated rings. The molecule has 3 nitrogen and oxygen atoms in total. The fourth-order valence-electron chi connectivity index (χ4n) is 3.64. The predicted molar refractivity (Wildman–Crippen MR) is 100 cm³/mol. The number of fused-ring (bicyclic) bond motifs is 1. The maximum Gasteiger partial charge on any atom is 0.254 e. The Bertz CT molecular complexity index is 697. The summed E-state index contributed by atoms with van der Waals surface area (Å²) in [5.41, 5.74) is 4.47. The van der Waals surface area contributed by atoms with Gasteiger partial charge in [0.2, 0.25) is 0 Å². The largest absolute Gasteiger partial charge is 0.308 e. The maximum atomic E-state index is 13.0. The molecule has 1 atom stereocenters. The fourth-order valence-corrected chi connectivity index (χ4v) is 3.64. The van der Waals surface area contributed by atoms with Gasteiger partial charge in [-0.05, 0) is 55.8 Å². The lowest BCUT2D eigenvalue weighted by molar-refractivity contribution is -0.114. The molecule has 2 aliphatic rings. The molecule has 0 aromatic heterocycles. The van der Waals surface area contributed by atoms with Gasteiger partial charge < -0.3 is 9.80 Å². The molecule has 0 saturated carbocycles. The van der Waals surface area contributed by atoms with Gasteiger partial charge in [0, 0.05) is 29.8 Å². The van der Waals surface area contributed by atoms with Gasteiger partial charge in [0.25, 0.3) is 5.91 Å². The van der Waals surface area contributed by atoms with Crippen LogP contribution in [0.3, 0.4) is 0 Å². The van der Waals surface area contributed by atoms with Crippen molar-refractivity contribution in [2.75, 3.05) is 32.1 Å². The normalized spacial score (nSPS) is 23.6. The van der Waals surface area contributed by atoms with Crippen LogP contribution in [0.4, 0.5) is 5.69 Å². The summed E-state index contributed by atoms with van der Waals surface area (Å²) < 4.78 is 0. The summed E-state index contributed by atoms with van der Waals surface area (Å²) in [6, 6.07) is 8.45. The molecule has 1 heterocycles. The number of nitrogens with zero attached hydrogens (tertiary/aromatic N) is 2. The van der Waals surface area contributed by atoms with E-state index in [1.807, 2.05) is 4.90 Å². The predicted octanol–water partition coefficient (Wildman–Crippen LogP) is 3.98. The van der Waals surface area contributed by atoms with Crippen molar-refractivity contribution in [3.63, 3.8) is 0 Å². The first kappa shape index (κ1) is 17.0. The van der Waals surface area contributed by atoms with Gasteiger partial charge in [-0.25, -0.2) is 0 Å². The Kier molecular flexibility index (Phi) is 4.39. The van der Waals surface area contributed by atoms with Crippen molar-refractivity contribution in [1.82, 2.24) is 4.90 Å². The molecule has 1 aliphatic heterocycles. The third kappa shape index (κ3) is 3.05. The average Bonchev–Trinajstić information content (AvgIpc) is 2.79. The minimum Gasteiger partial charge on any atom is -0.308 e. The number of anilines is 1. The van der Waals surface area contributed by atoms with Crippen molar-refractivity contribution in [1.29, 1.82) is 0 Å². The number of hydrogen-bond acceptors (Lipinski definition) is 2. The quantitative estimate of drug-likeness (QED) is 0.836. The van der Waals surface area contributed by atoms with Crippen LogP contribution in [0.2, 0.25) is 0 Å². The van der Waals surface area contributed by atoms with E-state index >= 15 is 0 Å². The Balaban J connectivity index is 1.86. The summed E-state index contributed by atoms with van der Waals surface area (Å²) in [5, 5.41) is 0. The van der Waals surface area contributed by atoms with Gasteiger partial charge in [0.1, 0.15) is 0 Å². The molecule has 1 aliphatic carbocycles. The number of hydrogen-bond donors (Lipinski definition) is 0. The SMILES string of the molecule is CC(C)c1ccc(N2CC3(C)CC=C(CN(C)C)C=C3C2=O)cc1. The fraction of sp³-hybridized carbons (Fsp3) is 0.476. The van der Waals surface area contributed by atoms with Crippen LogP contribution < -0.4 is 4.90 Å². The van der Waals surface area contributed by atoms with E-state index in [1.54, 1.807) is 0 Å². The first-order valence-corrected chi connectivity index (χ1v) is 8.78. The summed E-state index contributed by atoms with van der Waals surface area (Å²) in [7, 11) is 4.12. The molecule has 1 amide bonds. The first-order chi connectivity index (χ1) is 11.3. The Hall–Kier alpha value is -1.87. The van der Waals surface area contributed by atoms with Crippen molar-refractivity contribution in [3.05, 3.63) is 53.1 Å². The third-order valence-corrected chi connectivity index (χ3v) is 5.15. The van der Waals surface area contributed by atoms with Gasteiger partial charge in [0.05, 0.1) is 0 Å². The van der Waals surface area contributed by atoms with Crippen LogP contribution in [-0.2, 0) is 4.79 Å². The second-order valence-corrected chi connectivity index (χ2v) is 7.98. The number of amides is 1. The van der Waals surface area contributed by atoms with Crippen LogP contribution in [0.5, 0.6) is 0 Å². The summed E-state index contributed by atoms with van der Waals surface area (Å²) in [6.07, 6.45) is 5.35. The number of rotatable bonds is 4. The number of carbonyl (C=O) groups excluding carboxylic acids is 1. The van der Waals surface area contributed by atoms with Crippen LogP contribution in [0.15, 0.2) is 47.6 Å². The molecule has 0 radical (unpaired) electrons. The lowest BCUT2D eigenvalue weighted by atomic mass is 9.77. The van der Waals surface area contributed by atoms with Crippen molar-refractivity contribution in [3.8, 4) is 0 Å². The van der Waals surface area contributed by atoms with Gasteiger partial charge in [-0.2, -0.15) is 0 Å². The highest BCUT2D eigenvalue weighted by Gasteiger charge is 2.45. The standard InChI is InChI=1S/C21H28N2O/c1-15(2)17-6-8-18(9-7-17)23-14-21(3)11-10-16(13-22(4)5)12-19(21)20(23)24/h6-10,12,15H,11,13-14H2,1-5H3. The zero-order valence-corrected chi connectivity index (χ0v) is 15.5. The van der Waals surface area contributed by atoms with Crippen LogP contribution in [0.1, 0.15) is 38.7 Å². The molecule has 3 rings (SSSR count). The molecule has 1 saturated heterocycles. The zero-order chi connectivity index (χ0) is 17.5. The van der Waals surface area contributed by atoms with Crippen molar-refractivity contribution in [2.24, 2.45) is 5.41 Å². The van der Waals surface area contributed by atoms with Crippen LogP contribution >= 0.6 is 0 Å². The van der Waals surface area contributed by atoms with Crippen molar-refractivity contribution < 1.29 is 4.79 Å². The minimum absolute atomic E-state index is 0.0659. The molecule has 0 bridgehead atoms. The van der Waals surface area contributed by atoms with E-state index in [0.717, 1.165) is 30.8 Å². The van der Waals surface area contributed by atoms with Gasteiger partial charge in [-0.3, -0.25) is 4.79 Å². The van der Waals surface area contributed by atoms with Crippen molar-refractivity contribution >= 4 is 11.6 Å². The molecule has 1 aromatic rings. The van der Waals surface area contributed by atoms with Crippen molar-refractivity contribution in [2.45, 2.75) is 33.1 Å². The Labute approximate surface area is 145 Å². The molecule has 3 heteroatoms. The van der Waals surface area contributed by atoms with Gasteiger partial charge in [-0.15, -0.1) is 0 Å². The maximum absolute atomic E-state index is 13.0. The Morgan fingerprint density at radius 1 is 1.21 bits per heavy atom. The number of allylic oxidation sites excluding steroid dienone is 1. The summed E-state index contributed by atoms with van der Waals surface area (Å²) in [6.45, 7) is 8.24. The molecule has 1 aromatic carbocycles. The molecular weight excluding hydrogens is 296 g/mol. The minimum atomic E-state index is -0.0659. The van der Waals surface area contributed by atoms with E-state index < -0.39 is 0 Å². The molecule has 1 unspecified atom stereocenters. The molecule has 24 heavy (non-hydrogen) atoms. The van der Waals surface area contributed by atoms with E-state index in [-0.39, 0.29) is 11.3 Å². The zero-order valence-electron chi connectivity index (χ0n) is 15.5. The molecular formula is C21H28N2O. The van der Waals surface area contributed by atoms with E-state index in [0.29, 0.717) is 5.92 Å². The topological polar surface area (TPSA) is 23.6 Å². The molecule has 0 N–H and O–H groups in total. The van der Waals surface area contributed by atoms with E-state index in [4.69, 9.17) is 0 Å². The monoisotopic (exact) mass is 324 g/mol. The van der Waals surface area contributed by atoms with Crippen LogP contribution in [-0.4, -0.2) is 38.0 Å². The number of carbonyl (C=O) groups is 1. The lowest BCUT2D eigenvalue weighted by Gasteiger charge is -2.27. The highest BCUT2D eigenvalue weighted by molar-refractivity contribution is 6.10. The second-order valence-electron chi connectivity index (χ2n) is 7.98. The van der Waals surface area contributed by atoms with E-state index in [1.165, 1.54) is 11.1 Å². The number of benzene rings is 1. The van der Waals surface area contributed by atoms with E-state index in [9.17, 15) is 4.79 Å². The molecule has 128 valence electrons. The second kappa shape index (κ2) is 6.21. The summed E-state index contributed by atoms with van der Waals surface area (Å²) in [4.78, 5) is 17.1. The third-order valence-electron chi connectivity index (χ3n) is 5.15. The Morgan fingerprint density at radius 2 is 1.88 bits per heavy atom. The first-order valence-electron chi connectivity index (χ1n) is 8.78. The summed E-state index contributed by atoms with van der Waals surface area (Å²) >= 11 is 0. The lowest BCUT2D eigenvalue weighted by Crippen LogP contribution is -2.27. The van der Waals surface area contributed by atoms with Crippen LogP contribution in [0.25, 0.3) is 0 Å². The van der Waals surface area contributed by atoms with Gasteiger partial charge in [-0.1, -0.05) is 39.0 Å².